The first-order chi connectivity index (χ1) is 17.5. The van der Waals surface area contributed by atoms with Crippen LogP contribution in [0.4, 0.5) is 11.4 Å². The van der Waals surface area contributed by atoms with E-state index in [2.05, 4.69) is 31.0 Å². The van der Waals surface area contributed by atoms with Gasteiger partial charge in [-0.25, -0.2) is 0 Å². The molecular weight excluding hydrogens is 450 g/mol. The lowest BCUT2D eigenvalue weighted by atomic mass is 9.98. The van der Waals surface area contributed by atoms with Crippen molar-refractivity contribution in [3.05, 3.63) is 59.4 Å². The number of carbonyl (C=O) groups excluding carboxylic acids is 2. The van der Waals surface area contributed by atoms with Gasteiger partial charge in [-0.15, -0.1) is 0 Å². The van der Waals surface area contributed by atoms with Gasteiger partial charge >= 0.3 is 0 Å². The van der Waals surface area contributed by atoms with Crippen LogP contribution in [-0.4, -0.2) is 36.2 Å². The summed E-state index contributed by atoms with van der Waals surface area (Å²) in [6.45, 7) is 9.33. The van der Waals surface area contributed by atoms with Crippen LogP contribution in [0.5, 0.6) is 0 Å². The van der Waals surface area contributed by atoms with E-state index in [1.54, 1.807) is 36.4 Å². The number of anilines is 2. The predicted octanol–water partition coefficient (Wildman–Crippen LogP) is 6.82. The Balaban J connectivity index is 1.68. The lowest BCUT2D eigenvalue weighted by molar-refractivity contribution is -0.116. The molecule has 2 aromatic carbocycles. The van der Waals surface area contributed by atoms with Crippen molar-refractivity contribution >= 4 is 34.0 Å². The largest absolute Gasteiger partial charge is 0.460 e. The minimum absolute atomic E-state index is 0.00905. The van der Waals surface area contributed by atoms with Crippen molar-refractivity contribution in [2.45, 2.75) is 72.1 Å². The molecule has 3 aromatic rings. The molecular formula is C30H41N3O3. The van der Waals surface area contributed by atoms with Gasteiger partial charge in [0.15, 0.2) is 5.78 Å². The monoisotopic (exact) mass is 491 g/mol. The molecule has 0 spiro atoms. The Labute approximate surface area is 215 Å². The van der Waals surface area contributed by atoms with Gasteiger partial charge in [-0.2, -0.15) is 0 Å². The van der Waals surface area contributed by atoms with E-state index in [-0.39, 0.29) is 11.7 Å². The molecule has 0 atom stereocenters. The molecule has 0 aliphatic carbocycles. The minimum atomic E-state index is -0.0918. The number of aryl methyl sites for hydroxylation is 1. The number of amides is 1. The van der Waals surface area contributed by atoms with Crippen molar-refractivity contribution in [2.75, 3.05) is 30.7 Å². The molecule has 194 valence electrons. The zero-order chi connectivity index (χ0) is 25.9. The number of rotatable bonds is 15. The number of hydrogen-bond donors (Lipinski definition) is 2. The maximum absolute atomic E-state index is 13.5. The fourth-order valence-corrected chi connectivity index (χ4v) is 4.36. The third-order valence-corrected chi connectivity index (χ3v) is 6.51. The standard InChI is InChI=1S/C30H41N3O3/c1-4-7-10-27-29(25-21-23(31)13-16-26(25)36-27)30(35)22-11-14-24(15-12-22)32-28(34)17-20-33(18-8-5-2)19-9-6-3/h11-16,21H,4-10,17-20,31H2,1-3H3,(H,32,34). The molecule has 3 N–H and O–H groups in total. The number of ketones is 1. The van der Waals surface area contributed by atoms with Crippen LogP contribution >= 0.6 is 0 Å². The van der Waals surface area contributed by atoms with Gasteiger partial charge in [0.2, 0.25) is 5.91 Å². The number of nitrogen functional groups attached to an aromatic ring is 1. The molecule has 3 rings (SSSR count). The highest BCUT2D eigenvalue weighted by atomic mass is 16.3. The minimum Gasteiger partial charge on any atom is -0.460 e. The molecule has 0 saturated heterocycles. The van der Waals surface area contributed by atoms with E-state index in [1.807, 2.05) is 6.07 Å². The summed E-state index contributed by atoms with van der Waals surface area (Å²) in [6, 6.07) is 12.5. The van der Waals surface area contributed by atoms with Crippen LogP contribution in [0.1, 0.15) is 87.4 Å². The van der Waals surface area contributed by atoms with Crippen molar-refractivity contribution in [3.8, 4) is 0 Å². The Morgan fingerprint density at radius 2 is 1.56 bits per heavy atom. The predicted molar refractivity (Wildman–Crippen MR) is 149 cm³/mol. The highest BCUT2D eigenvalue weighted by Gasteiger charge is 2.22. The Bertz CT molecular complexity index is 1130. The molecule has 0 aliphatic heterocycles. The molecule has 0 bridgehead atoms. The van der Waals surface area contributed by atoms with Crippen LogP contribution in [0.3, 0.4) is 0 Å². The Hall–Kier alpha value is -3.12. The average Bonchev–Trinajstić information content (AvgIpc) is 3.24. The fourth-order valence-electron chi connectivity index (χ4n) is 4.36. The summed E-state index contributed by atoms with van der Waals surface area (Å²) >= 11 is 0. The first-order valence-corrected chi connectivity index (χ1v) is 13.4. The van der Waals surface area contributed by atoms with E-state index in [4.69, 9.17) is 10.2 Å². The third kappa shape index (κ3) is 7.44. The van der Waals surface area contributed by atoms with E-state index in [9.17, 15) is 9.59 Å². The summed E-state index contributed by atoms with van der Waals surface area (Å²) in [7, 11) is 0. The van der Waals surface area contributed by atoms with Gasteiger partial charge in [-0.3, -0.25) is 9.59 Å². The number of unbranched alkanes of at least 4 members (excludes halogenated alkanes) is 3. The summed E-state index contributed by atoms with van der Waals surface area (Å²) in [5, 5.41) is 3.72. The SMILES string of the molecule is CCCCc1oc2ccc(N)cc2c1C(=O)c1ccc(NC(=O)CCN(CCCC)CCCC)cc1. The number of nitrogens with one attached hydrogen (secondary N) is 1. The molecule has 1 heterocycles. The summed E-state index contributed by atoms with van der Waals surface area (Å²) in [5.41, 5.74) is 9.11. The van der Waals surface area contributed by atoms with Crippen molar-refractivity contribution in [3.63, 3.8) is 0 Å². The lowest BCUT2D eigenvalue weighted by Gasteiger charge is -2.21. The van der Waals surface area contributed by atoms with Gasteiger partial charge in [-0.05, 0) is 74.8 Å². The summed E-state index contributed by atoms with van der Waals surface area (Å²) in [5.74, 6) is 0.603. The number of nitrogens with two attached hydrogens (primary N) is 1. The second kappa shape index (κ2) is 13.8. The highest BCUT2D eigenvalue weighted by molar-refractivity contribution is 6.17. The Morgan fingerprint density at radius 1 is 0.889 bits per heavy atom. The molecule has 6 nitrogen and oxygen atoms in total. The molecule has 1 aromatic heterocycles. The molecule has 0 aliphatic rings. The number of furan rings is 1. The zero-order valence-electron chi connectivity index (χ0n) is 22.1. The molecule has 0 saturated carbocycles. The average molecular weight is 492 g/mol. The number of hydrogen-bond acceptors (Lipinski definition) is 5. The lowest BCUT2D eigenvalue weighted by Crippen LogP contribution is -2.30. The van der Waals surface area contributed by atoms with E-state index in [0.29, 0.717) is 46.7 Å². The van der Waals surface area contributed by atoms with Crippen LogP contribution < -0.4 is 11.1 Å². The zero-order valence-corrected chi connectivity index (χ0v) is 22.1. The van der Waals surface area contributed by atoms with Gasteiger partial charge < -0.3 is 20.4 Å². The van der Waals surface area contributed by atoms with E-state index < -0.39 is 0 Å². The van der Waals surface area contributed by atoms with Crippen LogP contribution in [0.15, 0.2) is 46.9 Å². The van der Waals surface area contributed by atoms with Gasteiger partial charge in [0.05, 0.1) is 5.56 Å². The van der Waals surface area contributed by atoms with Crippen LogP contribution in [0.25, 0.3) is 11.0 Å². The second-order valence-corrected chi connectivity index (χ2v) is 9.51. The normalized spacial score (nSPS) is 11.3. The highest BCUT2D eigenvalue weighted by Crippen LogP contribution is 2.31. The van der Waals surface area contributed by atoms with Crippen LogP contribution in [0, 0.1) is 0 Å². The number of nitrogens with zero attached hydrogens (tertiary/aromatic N) is 1. The van der Waals surface area contributed by atoms with Crippen LogP contribution in [0.2, 0.25) is 0 Å². The van der Waals surface area contributed by atoms with Crippen molar-refractivity contribution < 1.29 is 14.0 Å². The molecule has 0 unspecified atom stereocenters. The first kappa shape index (κ1) is 27.5. The number of benzene rings is 2. The van der Waals surface area contributed by atoms with Gasteiger partial charge in [-0.1, -0.05) is 40.0 Å². The number of fused-ring (bicyclic) bond motifs is 1. The molecule has 36 heavy (non-hydrogen) atoms. The molecule has 0 radical (unpaired) electrons. The van der Waals surface area contributed by atoms with Gasteiger partial charge in [0.1, 0.15) is 11.3 Å². The smallest absolute Gasteiger partial charge is 0.225 e. The van der Waals surface area contributed by atoms with Crippen LogP contribution in [-0.2, 0) is 11.2 Å². The third-order valence-electron chi connectivity index (χ3n) is 6.51. The van der Waals surface area contributed by atoms with Gasteiger partial charge in [0, 0.05) is 41.7 Å². The summed E-state index contributed by atoms with van der Waals surface area (Å²) in [4.78, 5) is 28.5. The number of carbonyl (C=O) groups is 2. The summed E-state index contributed by atoms with van der Waals surface area (Å²) < 4.78 is 6.03. The molecule has 0 fully saturated rings. The van der Waals surface area contributed by atoms with Crippen molar-refractivity contribution in [2.24, 2.45) is 0 Å². The first-order valence-electron chi connectivity index (χ1n) is 13.4. The summed E-state index contributed by atoms with van der Waals surface area (Å²) in [6.07, 6.45) is 7.72. The van der Waals surface area contributed by atoms with E-state index >= 15 is 0 Å². The van der Waals surface area contributed by atoms with Gasteiger partial charge in [0.25, 0.3) is 0 Å². The quantitative estimate of drug-likeness (QED) is 0.180. The van der Waals surface area contributed by atoms with E-state index in [1.165, 1.54) is 0 Å². The maximum atomic E-state index is 13.5. The fraction of sp³-hybridized carbons (Fsp3) is 0.467. The van der Waals surface area contributed by atoms with E-state index in [0.717, 1.165) is 63.5 Å². The van der Waals surface area contributed by atoms with Crippen molar-refractivity contribution in [1.82, 2.24) is 4.90 Å². The maximum Gasteiger partial charge on any atom is 0.225 e. The molecule has 6 heteroatoms. The topological polar surface area (TPSA) is 88.6 Å². The van der Waals surface area contributed by atoms with Crippen molar-refractivity contribution in [1.29, 1.82) is 0 Å². The second-order valence-electron chi connectivity index (χ2n) is 9.51. The Morgan fingerprint density at radius 3 is 2.19 bits per heavy atom. The Kier molecular flexibility index (Phi) is 10.6. The molecule has 1 amide bonds.